The molecular weight excluding hydrogens is 293 g/mol. The molecule has 0 saturated heterocycles. The van der Waals surface area contributed by atoms with E-state index in [9.17, 15) is 0 Å². The Labute approximate surface area is 126 Å². The lowest BCUT2D eigenvalue weighted by molar-refractivity contribution is 1.000. The number of H-pyrrole nitrogens is 1. The van der Waals surface area contributed by atoms with Crippen LogP contribution in [0.25, 0.3) is 11.0 Å². The highest BCUT2D eigenvalue weighted by atomic mass is 35.5. The standard InChI is InChI=1S/C15H13Cl2N3/c16-11-3-1-10(2-4-11)7-8-18-15-19-13-6-5-12(17)9-14(13)20-15/h1-6,9H,7-8H2,(H2,18,19,20). The van der Waals surface area contributed by atoms with Crippen LogP contribution < -0.4 is 5.32 Å². The van der Waals surface area contributed by atoms with Gasteiger partial charge in [-0.05, 0) is 42.3 Å². The van der Waals surface area contributed by atoms with Crippen molar-refractivity contribution in [3.63, 3.8) is 0 Å². The van der Waals surface area contributed by atoms with Crippen LogP contribution in [0.4, 0.5) is 5.95 Å². The van der Waals surface area contributed by atoms with Gasteiger partial charge in [-0.2, -0.15) is 0 Å². The SMILES string of the molecule is Clc1ccc(CCNc2nc3ccc(Cl)cc3[nH]2)cc1. The smallest absolute Gasteiger partial charge is 0.201 e. The van der Waals surface area contributed by atoms with Crippen molar-refractivity contribution in [3.8, 4) is 0 Å². The molecule has 1 heterocycles. The zero-order chi connectivity index (χ0) is 13.9. The number of imidazole rings is 1. The molecule has 0 radical (unpaired) electrons. The summed E-state index contributed by atoms with van der Waals surface area (Å²) in [5.41, 5.74) is 3.08. The van der Waals surface area contributed by atoms with Crippen molar-refractivity contribution in [1.29, 1.82) is 0 Å². The molecule has 0 fully saturated rings. The molecule has 3 aromatic rings. The Hall–Kier alpha value is -1.71. The number of anilines is 1. The van der Waals surface area contributed by atoms with Crippen molar-refractivity contribution in [2.75, 3.05) is 11.9 Å². The van der Waals surface area contributed by atoms with Gasteiger partial charge in [0.25, 0.3) is 0 Å². The molecular formula is C15H13Cl2N3. The molecule has 0 aliphatic carbocycles. The fraction of sp³-hybridized carbons (Fsp3) is 0.133. The predicted octanol–water partition coefficient (Wildman–Crippen LogP) is 4.52. The molecule has 2 aromatic carbocycles. The highest BCUT2D eigenvalue weighted by molar-refractivity contribution is 6.31. The fourth-order valence-electron chi connectivity index (χ4n) is 2.04. The molecule has 0 amide bonds. The van der Waals surface area contributed by atoms with E-state index >= 15 is 0 Å². The second-order valence-corrected chi connectivity index (χ2v) is 5.42. The summed E-state index contributed by atoms with van der Waals surface area (Å²) in [4.78, 5) is 7.66. The molecule has 3 rings (SSSR count). The third kappa shape index (κ3) is 3.06. The van der Waals surface area contributed by atoms with Crippen LogP contribution in [0.3, 0.4) is 0 Å². The molecule has 0 unspecified atom stereocenters. The Morgan fingerprint density at radius 2 is 1.75 bits per heavy atom. The number of aromatic amines is 1. The van der Waals surface area contributed by atoms with E-state index in [2.05, 4.69) is 15.3 Å². The van der Waals surface area contributed by atoms with E-state index in [1.165, 1.54) is 5.56 Å². The first kappa shape index (κ1) is 13.3. The summed E-state index contributed by atoms with van der Waals surface area (Å²) in [7, 11) is 0. The zero-order valence-electron chi connectivity index (χ0n) is 10.7. The summed E-state index contributed by atoms with van der Waals surface area (Å²) >= 11 is 11.8. The van der Waals surface area contributed by atoms with Crippen molar-refractivity contribution in [2.45, 2.75) is 6.42 Å². The summed E-state index contributed by atoms with van der Waals surface area (Å²) in [5, 5.41) is 4.74. The van der Waals surface area contributed by atoms with Crippen LogP contribution in [0.2, 0.25) is 10.0 Å². The zero-order valence-corrected chi connectivity index (χ0v) is 12.2. The van der Waals surface area contributed by atoms with Gasteiger partial charge >= 0.3 is 0 Å². The van der Waals surface area contributed by atoms with Crippen LogP contribution in [-0.2, 0) is 6.42 Å². The van der Waals surface area contributed by atoms with Gasteiger partial charge in [-0.25, -0.2) is 4.98 Å². The Kier molecular flexibility index (Phi) is 3.81. The van der Waals surface area contributed by atoms with E-state index in [1.807, 2.05) is 42.5 Å². The number of aromatic nitrogens is 2. The summed E-state index contributed by atoms with van der Waals surface area (Å²) in [5.74, 6) is 0.760. The van der Waals surface area contributed by atoms with Crippen LogP contribution in [0.15, 0.2) is 42.5 Å². The van der Waals surface area contributed by atoms with Gasteiger partial charge in [-0.3, -0.25) is 0 Å². The number of nitrogens with one attached hydrogen (secondary N) is 2. The minimum atomic E-state index is 0.703. The molecule has 5 heteroatoms. The monoisotopic (exact) mass is 305 g/mol. The topological polar surface area (TPSA) is 40.7 Å². The Bertz CT molecular complexity index is 720. The van der Waals surface area contributed by atoms with Crippen molar-refractivity contribution in [3.05, 3.63) is 58.1 Å². The highest BCUT2D eigenvalue weighted by Crippen LogP contribution is 2.19. The van der Waals surface area contributed by atoms with Gasteiger partial charge in [0.05, 0.1) is 11.0 Å². The number of fused-ring (bicyclic) bond motifs is 1. The van der Waals surface area contributed by atoms with E-state index in [0.29, 0.717) is 5.02 Å². The van der Waals surface area contributed by atoms with Gasteiger partial charge in [0.2, 0.25) is 5.95 Å². The maximum absolute atomic E-state index is 5.95. The van der Waals surface area contributed by atoms with Gasteiger partial charge < -0.3 is 10.3 Å². The number of rotatable bonds is 4. The average molecular weight is 306 g/mol. The number of halogens is 2. The van der Waals surface area contributed by atoms with Gasteiger partial charge in [0.1, 0.15) is 0 Å². The Balaban J connectivity index is 1.63. The van der Waals surface area contributed by atoms with Crippen molar-refractivity contribution in [1.82, 2.24) is 9.97 Å². The van der Waals surface area contributed by atoms with E-state index in [-0.39, 0.29) is 0 Å². The van der Waals surface area contributed by atoms with Gasteiger partial charge in [0.15, 0.2) is 0 Å². The molecule has 3 nitrogen and oxygen atoms in total. The van der Waals surface area contributed by atoms with Crippen LogP contribution in [0.5, 0.6) is 0 Å². The first-order valence-electron chi connectivity index (χ1n) is 6.34. The molecule has 102 valence electrons. The van der Waals surface area contributed by atoms with Gasteiger partial charge in [0, 0.05) is 16.6 Å². The summed E-state index contributed by atoms with van der Waals surface area (Å²) in [6, 6.07) is 13.5. The average Bonchev–Trinajstić information content (AvgIpc) is 2.83. The van der Waals surface area contributed by atoms with Crippen LogP contribution in [0, 0.1) is 0 Å². The van der Waals surface area contributed by atoms with Crippen LogP contribution in [-0.4, -0.2) is 16.5 Å². The fourth-order valence-corrected chi connectivity index (χ4v) is 2.34. The van der Waals surface area contributed by atoms with Crippen molar-refractivity contribution < 1.29 is 0 Å². The van der Waals surface area contributed by atoms with Crippen LogP contribution >= 0.6 is 23.2 Å². The second-order valence-electron chi connectivity index (χ2n) is 4.55. The lowest BCUT2D eigenvalue weighted by Crippen LogP contribution is -2.05. The first-order chi connectivity index (χ1) is 9.70. The van der Waals surface area contributed by atoms with E-state index in [1.54, 1.807) is 0 Å². The van der Waals surface area contributed by atoms with E-state index < -0.39 is 0 Å². The third-order valence-electron chi connectivity index (χ3n) is 3.06. The molecule has 0 atom stereocenters. The molecule has 20 heavy (non-hydrogen) atoms. The maximum atomic E-state index is 5.95. The van der Waals surface area contributed by atoms with E-state index in [4.69, 9.17) is 23.2 Å². The normalized spacial score (nSPS) is 10.9. The highest BCUT2D eigenvalue weighted by Gasteiger charge is 2.02. The Morgan fingerprint density at radius 1 is 1.00 bits per heavy atom. The second kappa shape index (κ2) is 5.73. The predicted molar refractivity (Wildman–Crippen MR) is 84.7 cm³/mol. The maximum Gasteiger partial charge on any atom is 0.201 e. The quantitative estimate of drug-likeness (QED) is 0.744. The molecule has 0 spiro atoms. The molecule has 0 saturated carbocycles. The minimum Gasteiger partial charge on any atom is -0.355 e. The summed E-state index contributed by atoms with van der Waals surface area (Å²) in [6.45, 7) is 0.801. The Morgan fingerprint density at radius 3 is 2.55 bits per heavy atom. The van der Waals surface area contributed by atoms with E-state index in [0.717, 1.165) is 35.0 Å². The number of benzene rings is 2. The van der Waals surface area contributed by atoms with Gasteiger partial charge in [-0.15, -0.1) is 0 Å². The molecule has 1 aromatic heterocycles. The lowest BCUT2D eigenvalue weighted by atomic mass is 10.1. The summed E-state index contributed by atoms with van der Waals surface area (Å²) < 4.78 is 0. The lowest BCUT2D eigenvalue weighted by Gasteiger charge is -2.03. The number of hydrogen-bond donors (Lipinski definition) is 2. The third-order valence-corrected chi connectivity index (χ3v) is 3.55. The number of nitrogens with zero attached hydrogens (tertiary/aromatic N) is 1. The van der Waals surface area contributed by atoms with Crippen molar-refractivity contribution >= 4 is 40.2 Å². The molecule has 0 bridgehead atoms. The number of hydrogen-bond acceptors (Lipinski definition) is 2. The summed E-state index contributed by atoms with van der Waals surface area (Å²) in [6.07, 6.45) is 0.912. The molecule has 2 N–H and O–H groups in total. The van der Waals surface area contributed by atoms with Gasteiger partial charge in [-0.1, -0.05) is 35.3 Å². The molecule has 0 aliphatic heterocycles. The van der Waals surface area contributed by atoms with Crippen molar-refractivity contribution in [2.24, 2.45) is 0 Å². The first-order valence-corrected chi connectivity index (χ1v) is 7.10. The minimum absolute atomic E-state index is 0.703. The van der Waals surface area contributed by atoms with Crippen LogP contribution in [0.1, 0.15) is 5.56 Å². The largest absolute Gasteiger partial charge is 0.355 e. The molecule has 0 aliphatic rings.